The number of amides is 4. The average Bonchev–Trinajstić information content (AvgIpc) is 3.69. The molecule has 4 aromatic rings. The molecule has 0 atom stereocenters. The van der Waals surface area contributed by atoms with Crippen LogP contribution in [0.4, 0.5) is 44.7 Å². The normalized spacial score (nSPS) is 16.4. The predicted octanol–water partition coefficient (Wildman–Crippen LogP) is 8.45. The summed E-state index contributed by atoms with van der Waals surface area (Å²) in [5.74, 6) is 0.359. The van der Waals surface area contributed by atoms with Gasteiger partial charge in [-0.3, -0.25) is 4.90 Å². The fourth-order valence-electron chi connectivity index (χ4n) is 7.17. The number of alkyl halides is 3. The van der Waals surface area contributed by atoms with Gasteiger partial charge in [0.05, 0.1) is 23.2 Å². The summed E-state index contributed by atoms with van der Waals surface area (Å²) in [5.41, 5.74) is 0.274. The van der Waals surface area contributed by atoms with Crippen LogP contribution in [0.15, 0.2) is 42.9 Å². The lowest BCUT2D eigenvalue weighted by molar-refractivity contribution is -0.138. The molecule has 0 unspecified atom stereocenters. The lowest BCUT2D eigenvalue weighted by Gasteiger charge is -2.33. The number of ether oxygens (including phenoxy) is 3. The summed E-state index contributed by atoms with van der Waals surface area (Å²) in [6.07, 6.45) is -1.09. The van der Waals surface area contributed by atoms with Crippen molar-refractivity contribution in [1.29, 1.82) is 0 Å². The maximum atomic E-state index is 14.3. The topological polar surface area (TPSA) is 143 Å². The van der Waals surface area contributed by atoms with Crippen LogP contribution in [-0.2, 0) is 28.6 Å². The SMILES string of the molecule is CN1CCN(Cc2ccc(NC(=O)Nc3ccc(-c4cn(C5CC5)c5ncnc(N(C(=O)OC(C)(C)C)C(=O)OC(C)(C)C)c45)c4c3OCC4)cc2C(F)(F)F)CC1. The number of aromatic nitrogens is 3. The molecule has 1 saturated carbocycles. The second-order valence-corrected chi connectivity index (χ2v) is 17.0. The van der Waals surface area contributed by atoms with Crippen molar-refractivity contribution in [2.24, 2.45) is 0 Å². The van der Waals surface area contributed by atoms with Crippen molar-refractivity contribution in [2.75, 3.05) is 55.4 Å². The minimum Gasteiger partial charge on any atom is -0.491 e. The molecule has 1 saturated heterocycles. The van der Waals surface area contributed by atoms with Crippen LogP contribution in [0.5, 0.6) is 5.75 Å². The molecule has 2 aliphatic heterocycles. The van der Waals surface area contributed by atoms with E-state index in [2.05, 4.69) is 25.5 Å². The second-order valence-electron chi connectivity index (χ2n) is 17.0. The minimum atomic E-state index is -4.62. The maximum absolute atomic E-state index is 14.3. The number of likely N-dealkylation sites (N-methyl/N-ethyl adjacent to an activating group) is 1. The highest BCUT2D eigenvalue weighted by Gasteiger charge is 2.38. The van der Waals surface area contributed by atoms with Crippen molar-refractivity contribution >= 4 is 46.4 Å². The zero-order valence-electron chi connectivity index (χ0n) is 33.7. The number of hydrogen-bond donors (Lipinski definition) is 2. The zero-order valence-corrected chi connectivity index (χ0v) is 33.7. The van der Waals surface area contributed by atoms with E-state index < -0.39 is 41.2 Å². The Morgan fingerprint density at radius 1 is 0.897 bits per heavy atom. The van der Waals surface area contributed by atoms with Crippen molar-refractivity contribution in [3.63, 3.8) is 0 Å². The lowest BCUT2D eigenvalue weighted by Crippen LogP contribution is -2.44. The number of anilines is 3. The molecule has 17 heteroatoms. The first-order valence-electron chi connectivity index (χ1n) is 19.4. The second kappa shape index (κ2) is 15.4. The van der Waals surface area contributed by atoms with Gasteiger partial charge < -0.3 is 34.3 Å². The van der Waals surface area contributed by atoms with E-state index in [9.17, 15) is 27.6 Å². The fourth-order valence-corrected chi connectivity index (χ4v) is 7.17. The molecule has 2 N–H and O–H groups in total. The van der Waals surface area contributed by atoms with E-state index >= 15 is 0 Å². The molecule has 4 heterocycles. The highest BCUT2D eigenvalue weighted by molar-refractivity contribution is 6.16. The van der Waals surface area contributed by atoms with Gasteiger partial charge in [0.15, 0.2) is 5.82 Å². The lowest BCUT2D eigenvalue weighted by atomic mass is 9.97. The van der Waals surface area contributed by atoms with Crippen LogP contribution in [-0.4, -0.2) is 93.6 Å². The Bertz CT molecular complexity index is 2210. The van der Waals surface area contributed by atoms with Gasteiger partial charge in [-0.15, -0.1) is 0 Å². The molecule has 14 nitrogen and oxygen atoms in total. The Morgan fingerprint density at radius 2 is 1.57 bits per heavy atom. The number of piperazine rings is 1. The number of halogens is 3. The first-order valence-corrected chi connectivity index (χ1v) is 19.4. The predicted molar refractivity (Wildman–Crippen MR) is 212 cm³/mol. The summed E-state index contributed by atoms with van der Waals surface area (Å²) in [6.45, 7) is 13.4. The number of urea groups is 1. The summed E-state index contributed by atoms with van der Waals surface area (Å²) in [4.78, 5) is 54.9. The molecule has 0 bridgehead atoms. The molecular formula is C41H49F3N8O6. The van der Waals surface area contributed by atoms with Crippen molar-refractivity contribution in [1.82, 2.24) is 24.3 Å². The summed E-state index contributed by atoms with van der Waals surface area (Å²) >= 11 is 0. The molecule has 0 spiro atoms. The van der Waals surface area contributed by atoms with Gasteiger partial charge in [0.25, 0.3) is 0 Å². The number of nitrogens with zero attached hydrogens (tertiary/aromatic N) is 6. The van der Waals surface area contributed by atoms with Crippen molar-refractivity contribution in [3.05, 3.63) is 59.5 Å². The quantitative estimate of drug-likeness (QED) is 0.187. The highest BCUT2D eigenvalue weighted by atomic mass is 19.4. The fraction of sp³-hybridized carbons (Fsp3) is 0.488. The Morgan fingerprint density at radius 3 is 2.19 bits per heavy atom. The molecule has 58 heavy (non-hydrogen) atoms. The van der Waals surface area contributed by atoms with Crippen LogP contribution in [0.2, 0.25) is 0 Å². The number of carbonyl (C=O) groups is 3. The Hall–Kier alpha value is -5.42. The molecule has 2 aromatic carbocycles. The molecule has 4 amide bonds. The standard InChI is InChI=1S/C41H49F3N8O6/c1-39(2,3)57-37(54)52(38(55)58-40(4,5)6)35-32-29(22-51(26-10-11-26)34(32)45-23-46-35)27-12-13-31(33-28(27)14-19-56-33)48-36(53)47-25-9-8-24(30(20-25)41(42,43)44)21-50-17-15-49(7)16-18-50/h8-9,12-13,20,22-23,26H,10-11,14-19,21H2,1-7H3,(H2,47,48,53). The number of nitrogens with one attached hydrogen (secondary N) is 2. The summed E-state index contributed by atoms with van der Waals surface area (Å²) in [5, 5.41) is 5.73. The molecule has 310 valence electrons. The molecule has 3 aliphatic rings. The van der Waals surface area contributed by atoms with Gasteiger partial charge in [-0.2, -0.15) is 18.1 Å². The van der Waals surface area contributed by atoms with Gasteiger partial charge >= 0.3 is 24.4 Å². The van der Waals surface area contributed by atoms with Crippen LogP contribution in [0, 0.1) is 0 Å². The van der Waals surface area contributed by atoms with Crippen molar-refractivity contribution < 1.29 is 41.8 Å². The zero-order chi connectivity index (χ0) is 41.7. The van der Waals surface area contributed by atoms with Crippen LogP contribution >= 0.6 is 0 Å². The van der Waals surface area contributed by atoms with Gasteiger partial charge in [0.2, 0.25) is 0 Å². The highest BCUT2D eigenvalue weighted by Crippen LogP contribution is 2.47. The van der Waals surface area contributed by atoms with Crippen molar-refractivity contribution in [3.8, 4) is 16.9 Å². The van der Waals surface area contributed by atoms with Crippen LogP contribution in [0.3, 0.4) is 0 Å². The third-order valence-corrected chi connectivity index (χ3v) is 9.95. The van der Waals surface area contributed by atoms with E-state index in [0.29, 0.717) is 59.7 Å². The molecule has 0 radical (unpaired) electrons. The van der Waals surface area contributed by atoms with E-state index in [1.54, 1.807) is 53.7 Å². The van der Waals surface area contributed by atoms with E-state index in [1.807, 2.05) is 22.7 Å². The smallest absolute Gasteiger partial charge is 0.425 e. The Balaban J connectivity index is 1.21. The monoisotopic (exact) mass is 806 g/mol. The maximum Gasteiger partial charge on any atom is 0.425 e. The largest absolute Gasteiger partial charge is 0.491 e. The van der Waals surface area contributed by atoms with Crippen LogP contribution in [0.25, 0.3) is 22.2 Å². The van der Waals surface area contributed by atoms with Gasteiger partial charge in [-0.05, 0) is 90.8 Å². The number of fused-ring (bicyclic) bond motifs is 2. The van der Waals surface area contributed by atoms with Gasteiger partial charge in [-0.25, -0.2) is 24.4 Å². The summed E-state index contributed by atoms with van der Waals surface area (Å²) < 4.78 is 62.2. The summed E-state index contributed by atoms with van der Waals surface area (Å²) in [6, 6.07) is 6.66. The van der Waals surface area contributed by atoms with Gasteiger partial charge in [-0.1, -0.05) is 12.1 Å². The molecule has 7 rings (SSSR count). The van der Waals surface area contributed by atoms with Crippen molar-refractivity contribution in [2.45, 2.75) is 90.8 Å². The molecule has 1 aliphatic carbocycles. The number of rotatable bonds is 7. The third-order valence-electron chi connectivity index (χ3n) is 9.95. The average molecular weight is 807 g/mol. The van der Waals surface area contributed by atoms with Gasteiger partial charge in [0.1, 0.15) is 28.9 Å². The molecular weight excluding hydrogens is 757 g/mol. The number of benzene rings is 2. The minimum absolute atomic E-state index is 0.0129. The third kappa shape index (κ3) is 8.99. The molecule has 2 aromatic heterocycles. The van der Waals surface area contributed by atoms with E-state index in [4.69, 9.17) is 14.2 Å². The van der Waals surface area contributed by atoms with E-state index in [-0.39, 0.29) is 29.7 Å². The number of hydrogen-bond acceptors (Lipinski definition) is 10. The Labute approximate surface area is 334 Å². The first-order chi connectivity index (χ1) is 27.3. The van der Waals surface area contributed by atoms with E-state index in [1.165, 1.54) is 18.5 Å². The van der Waals surface area contributed by atoms with Gasteiger partial charge in [0, 0.05) is 68.2 Å². The van der Waals surface area contributed by atoms with E-state index in [0.717, 1.165) is 42.5 Å². The Kier molecular flexibility index (Phi) is 10.8. The number of imide groups is 1. The number of carbonyl (C=O) groups excluding carboxylic acids is 3. The molecule has 2 fully saturated rings. The van der Waals surface area contributed by atoms with Crippen LogP contribution in [0.1, 0.15) is 77.1 Å². The first kappa shape index (κ1) is 40.8. The van der Waals surface area contributed by atoms with Crippen LogP contribution < -0.4 is 20.3 Å². The summed E-state index contributed by atoms with van der Waals surface area (Å²) in [7, 11) is 1.98.